The molecule has 4 heteroatoms. The molecule has 0 saturated heterocycles. The normalized spacial score (nSPS) is 14.1. The van der Waals surface area contributed by atoms with Gasteiger partial charge in [-0.25, -0.2) is 0 Å². The fourth-order valence-corrected chi connectivity index (χ4v) is 2.50. The minimum absolute atomic E-state index is 0.0662. The fraction of sp³-hybridized carbons (Fsp3) is 0.300. The molecule has 1 saturated carbocycles. The van der Waals surface area contributed by atoms with Gasteiger partial charge in [0.25, 0.3) is 0 Å². The second-order valence-electron chi connectivity index (χ2n) is 6.79. The zero-order valence-electron chi connectivity index (χ0n) is 14.0. The largest absolute Gasteiger partial charge is 0.326 e. The van der Waals surface area contributed by atoms with Gasteiger partial charge in [0, 0.05) is 17.3 Å². The standard InChI is InChI=1S/C20H22N2O2/c1-20(2,15-6-4-3-5-7-15)19(24)22-17-12-10-16(11-13-17)21-18(23)14-8-9-14/h3-7,10-14H,8-9H2,1-2H3,(H,21,23)(H,22,24). The first-order chi connectivity index (χ1) is 11.5. The van der Waals surface area contributed by atoms with Gasteiger partial charge in [0.05, 0.1) is 5.41 Å². The molecule has 0 spiro atoms. The summed E-state index contributed by atoms with van der Waals surface area (Å²) in [6.45, 7) is 3.81. The van der Waals surface area contributed by atoms with Crippen LogP contribution in [0, 0.1) is 5.92 Å². The molecule has 0 aliphatic heterocycles. The highest BCUT2D eigenvalue weighted by molar-refractivity contribution is 5.99. The molecule has 2 aromatic carbocycles. The molecule has 1 aliphatic rings. The maximum atomic E-state index is 12.6. The Bertz CT molecular complexity index is 732. The summed E-state index contributed by atoms with van der Waals surface area (Å²) in [6, 6.07) is 16.9. The molecule has 124 valence electrons. The summed E-state index contributed by atoms with van der Waals surface area (Å²) in [5.41, 5.74) is 1.82. The summed E-state index contributed by atoms with van der Waals surface area (Å²) in [5.74, 6) is 0.191. The van der Waals surface area contributed by atoms with Gasteiger partial charge in [-0.05, 0) is 56.5 Å². The third-order valence-corrected chi connectivity index (χ3v) is 4.42. The monoisotopic (exact) mass is 322 g/mol. The third kappa shape index (κ3) is 3.65. The number of carbonyl (C=O) groups is 2. The molecular formula is C20H22N2O2. The first kappa shape index (κ1) is 16.2. The van der Waals surface area contributed by atoms with Crippen molar-refractivity contribution in [3.63, 3.8) is 0 Å². The molecule has 4 nitrogen and oxygen atoms in total. The van der Waals surface area contributed by atoms with E-state index in [1.54, 1.807) is 0 Å². The third-order valence-electron chi connectivity index (χ3n) is 4.42. The van der Waals surface area contributed by atoms with E-state index in [0.717, 1.165) is 24.1 Å². The summed E-state index contributed by atoms with van der Waals surface area (Å²) < 4.78 is 0. The smallest absolute Gasteiger partial charge is 0.234 e. The van der Waals surface area contributed by atoms with Crippen molar-refractivity contribution in [2.75, 3.05) is 10.6 Å². The van der Waals surface area contributed by atoms with E-state index >= 15 is 0 Å². The van der Waals surface area contributed by atoms with Crippen molar-refractivity contribution in [2.24, 2.45) is 5.92 Å². The van der Waals surface area contributed by atoms with E-state index < -0.39 is 5.41 Å². The Labute approximate surface area is 142 Å². The van der Waals surface area contributed by atoms with Crippen LogP contribution in [0.15, 0.2) is 54.6 Å². The average molecular weight is 322 g/mol. The van der Waals surface area contributed by atoms with Crippen molar-refractivity contribution in [3.05, 3.63) is 60.2 Å². The Balaban J connectivity index is 1.64. The number of carbonyl (C=O) groups excluding carboxylic acids is 2. The predicted molar refractivity (Wildman–Crippen MR) is 95.9 cm³/mol. The molecule has 0 aromatic heterocycles. The van der Waals surface area contributed by atoms with Gasteiger partial charge in [-0.3, -0.25) is 9.59 Å². The number of rotatable bonds is 5. The minimum Gasteiger partial charge on any atom is -0.326 e. The Morgan fingerprint density at radius 3 is 1.96 bits per heavy atom. The van der Waals surface area contributed by atoms with Gasteiger partial charge in [0.2, 0.25) is 11.8 Å². The van der Waals surface area contributed by atoms with Crippen LogP contribution < -0.4 is 10.6 Å². The molecule has 0 radical (unpaired) electrons. The summed E-state index contributed by atoms with van der Waals surface area (Å²) in [6.07, 6.45) is 1.96. The minimum atomic E-state index is -0.625. The van der Waals surface area contributed by atoms with Crippen molar-refractivity contribution in [1.82, 2.24) is 0 Å². The van der Waals surface area contributed by atoms with E-state index in [1.165, 1.54) is 0 Å². The lowest BCUT2D eigenvalue weighted by atomic mass is 9.83. The number of hydrogen-bond acceptors (Lipinski definition) is 2. The van der Waals surface area contributed by atoms with E-state index in [2.05, 4.69) is 10.6 Å². The van der Waals surface area contributed by atoms with Crippen LogP contribution in [-0.4, -0.2) is 11.8 Å². The zero-order chi connectivity index (χ0) is 17.2. The van der Waals surface area contributed by atoms with Gasteiger partial charge in [-0.15, -0.1) is 0 Å². The van der Waals surface area contributed by atoms with Crippen LogP contribution in [0.4, 0.5) is 11.4 Å². The molecule has 0 atom stereocenters. The summed E-state index contributed by atoms with van der Waals surface area (Å²) in [4.78, 5) is 24.4. The van der Waals surface area contributed by atoms with Gasteiger partial charge in [-0.1, -0.05) is 30.3 Å². The Hall–Kier alpha value is -2.62. The molecule has 3 rings (SSSR count). The number of hydrogen-bond donors (Lipinski definition) is 2. The molecule has 24 heavy (non-hydrogen) atoms. The SMILES string of the molecule is CC(C)(C(=O)Nc1ccc(NC(=O)C2CC2)cc1)c1ccccc1. The second-order valence-corrected chi connectivity index (χ2v) is 6.79. The molecule has 2 amide bonds. The van der Waals surface area contributed by atoms with E-state index in [0.29, 0.717) is 5.69 Å². The highest BCUT2D eigenvalue weighted by Crippen LogP contribution is 2.30. The number of benzene rings is 2. The topological polar surface area (TPSA) is 58.2 Å². The zero-order valence-corrected chi connectivity index (χ0v) is 14.0. The van der Waals surface area contributed by atoms with Crippen LogP contribution in [0.25, 0.3) is 0 Å². The maximum absolute atomic E-state index is 12.6. The van der Waals surface area contributed by atoms with Crippen LogP contribution in [0.2, 0.25) is 0 Å². The van der Waals surface area contributed by atoms with E-state index in [-0.39, 0.29) is 17.7 Å². The van der Waals surface area contributed by atoms with Crippen LogP contribution >= 0.6 is 0 Å². The van der Waals surface area contributed by atoms with Crippen LogP contribution in [0.1, 0.15) is 32.3 Å². The number of nitrogens with one attached hydrogen (secondary N) is 2. The lowest BCUT2D eigenvalue weighted by molar-refractivity contribution is -0.120. The average Bonchev–Trinajstić information content (AvgIpc) is 3.42. The van der Waals surface area contributed by atoms with E-state index in [4.69, 9.17) is 0 Å². The molecule has 0 heterocycles. The van der Waals surface area contributed by atoms with Crippen molar-refractivity contribution >= 4 is 23.2 Å². The van der Waals surface area contributed by atoms with Gasteiger partial charge in [0.15, 0.2) is 0 Å². The van der Waals surface area contributed by atoms with Crippen molar-refractivity contribution in [1.29, 1.82) is 0 Å². The number of anilines is 2. The molecule has 2 N–H and O–H groups in total. The van der Waals surface area contributed by atoms with E-state index in [1.807, 2.05) is 68.4 Å². The quantitative estimate of drug-likeness (QED) is 0.875. The molecule has 0 bridgehead atoms. The number of amides is 2. The molecule has 2 aromatic rings. The summed E-state index contributed by atoms with van der Waals surface area (Å²) in [7, 11) is 0. The van der Waals surface area contributed by atoms with Crippen LogP contribution in [-0.2, 0) is 15.0 Å². The molecular weight excluding hydrogens is 300 g/mol. The molecule has 1 aliphatic carbocycles. The van der Waals surface area contributed by atoms with Crippen molar-refractivity contribution in [2.45, 2.75) is 32.1 Å². The Kier molecular flexibility index (Phi) is 4.38. The first-order valence-corrected chi connectivity index (χ1v) is 8.25. The van der Waals surface area contributed by atoms with Crippen molar-refractivity contribution in [3.8, 4) is 0 Å². The maximum Gasteiger partial charge on any atom is 0.234 e. The van der Waals surface area contributed by atoms with Crippen LogP contribution in [0.5, 0.6) is 0 Å². The first-order valence-electron chi connectivity index (χ1n) is 8.25. The summed E-state index contributed by atoms with van der Waals surface area (Å²) >= 11 is 0. The van der Waals surface area contributed by atoms with Gasteiger partial charge in [0.1, 0.15) is 0 Å². The highest BCUT2D eigenvalue weighted by Gasteiger charge is 2.30. The predicted octanol–water partition coefficient (Wildman–Crippen LogP) is 3.95. The van der Waals surface area contributed by atoms with Crippen molar-refractivity contribution < 1.29 is 9.59 Å². The van der Waals surface area contributed by atoms with Gasteiger partial charge < -0.3 is 10.6 Å². The second kappa shape index (κ2) is 6.48. The van der Waals surface area contributed by atoms with Crippen LogP contribution in [0.3, 0.4) is 0 Å². The highest BCUT2D eigenvalue weighted by atomic mass is 16.2. The Morgan fingerprint density at radius 2 is 1.42 bits per heavy atom. The van der Waals surface area contributed by atoms with Gasteiger partial charge >= 0.3 is 0 Å². The lowest BCUT2D eigenvalue weighted by Gasteiger charge is -2.24. The molecule has 0 unspecified atom stereocenters. The summed E-state index contributed by atoms with van der Waals surface area (Å²) in [5, 5.41) is 5.83. The lowest BCUT2D eigenvalue weighted by Crippen LogP contribution is -2.34. The Morgan fingerprint density at radius 1 is 0.875 bits per heavy atom. The fourth-order valence-electron chi connectivity index (χ4n) is 2.50. The van der Waals surface area contributed by atoms with Gasteiger partial charge in [-0.2, -0.15) is 0 Å². The van der Waals surface area contributed by atoms with E-state index in [9.17, 15) is 9.59 Å². The molecule has 1 fully saturated rings.